The lowest BCUT2D eigenvalue weighted by Gasteiger charge is -2.45. The Balaban J connectivity index is 1.43. The van der Waals surface area contributed by atoms with Crippen LogP contribution in [-0.4, -0.2) is 77.2 Å². The third kappa shape index (κ3) is 5.70. The van der Waals surface area contributed by atoms with Crippen molar-refractivity contribution in [3.8, 4) is 0 Å². The number of nitrogens with one attached hydrogen (secondary N) is 2. The van der Waals surface area contributed by atoms with E-state index >= 15 is 0 Å². The highest BCUT2D eigenvalue weighted by atomic mass is 32.1. The number of likely N-dealkylation sites (N-methyl/N-ethyl adjacent to an activating group) is 1. The fourth-order valence-electron chi connectivity index (χ4n) is 6.19. The van der Waals surface area contributed by atoms with Gasteiger partial charge >= 0.3 is 0 Å². The molecule has 204 valence electrons. The van der Waals surface area contributed by atoms with Crippen LogP contribution in [0.15, 0.2) is 35.7 Å². The number of aromatic nitrogens is 1. The van der Waals surface area contributed by atoms with Crippen molar-refractivity contribution in [2.45, 2.75) is 76.0 Å². The molecular formula is C29H39N5O3S. The third-order valence-electron chi connectivity index (χ3n) is 8.56. The maximum atomic E-state index is 14.4. The van der Waals surface area contributed by atoms with Crippen molar-refractivity contribution in [2.24, 2.45) is 5.92 Å². The van der Waals surface area contributed by atoms with Gasteiger partial charge in [0.05, 0.1) is 12.1 Å². The van der Waals surface area contributed by atoms with Gasteiger partial charge < -0.3 is 15.5 Å². The number of amides is 2. The zero-order valence-corrected chi connectivity index (χ0v) is 23.2. The first-order chi connectivity index (χ1) is 18.5. The first-order valence-electron chi connectivity index (χ1n) is 14.0. The molecule has 0 spiro atoms. The summed E-state index contributed by atoms with van der Waals surface area (Å²) in [4.78, 5) is 49.6. The van der Waals surface area contributed by atoms with Crippen molar-refractivity contribution in [1.82, 2.24) is 25.4 Å². The van der Waals surface area contributed by atoms with E-state index in [0.29, 0.717) is 30.4 Å². The van der Waals surface area contributed by atoms with E-state index in [0.717, 1.165) is 50.1 Å². The van der Waals surface area contributed by atoms with E-state index in [1.54, 1.807) is 19.2 Å². The SMILES string of the molecule is CN[C@@H](C)C(=O)N[C@H](C(=O)N1C[C@H]2CCCN2C[C@H]1c1nc(C(=O)c2ccccc2)cs1)C1CCCCC1. The van der Waals surface area contributed by atoms with Gasteiger partial charge in [0, 0.05) is 30.1 Å². The van der Waals surface area contributed by atoms with Crippen molar-refractivity contribution in [2.75, 3.05) is 26.7 Å². The molecule has 5 rings (SSSR count). The highest BCUT2D eigenvalue weighted by molar-refractivity contribution is 7.10. The molecule has 0 unspecified atom stereocenters. The fourth-order valence-corrected chi connectivity index (χ4v) is 7.09. The summed E-state index contributed by atoms with van der Waals surface area (Å²) in [7, 11) is 1.76. The number of piperazine rings is 1. The number of hydrogen-bond donors (Lipinski definition) is 2. The van der Waals surface area contributed by atoms with Crippen LogP contribution in [0.4, 0.5) is 0 Å². The molecule has 1 aromatic heterocycles. The van der Waals surface area contributed by atoms with Gasteiger partial charge in [0.2, 0.25) is 17.6 Å². The zero-order chi connectivity index (χ0) is 26.6. The lowest BCUT2D eigenvalue weighted by atomic mass is 9.82. The van der Waals surface area contributed by atoms with Crippen LogP contribution in [0.5, 0.6) is 0 Å². The predicted molar refractivity (Wildman–Crippen MR) is 148 cm³/mol. The molecule has 3 aliphatic rings. The molecular weight excluding hydrogens is 498 g/mol. The molecule has 3 heterocycles. The van der Waals surface area contributed by atoms with Gasteiger partial charge in [-0.25, -0.2) is 4.98 Å². The number of nitrogens with zero attached hydrogens (tertiary/aromatic N) is 3. The van der Waals surface area contributed by atoms with E-state index < -0.39 is 6.04 Å². The summed E-state index contributed by atoms with van der Waals surface area (Å²) in [5, 5.41) is 8.74. The van der Waals surface area contributed by atoms with E-state index in [9.17, 15) is 14.4 Å². The van der Waals surface area contributed by atoms with Gasteiger partial charge in [-0.3, -0.25) is 19.3 Å². The monoisotopic (exact) mass is 537 g/mol. The van der Waals surface area contributed by atoms with Gasteiger partial charge in [-0.2, -0.15) is 0 Å². The van der Waals surface area contributed by atoms with Crippen LogP contribution < -0.4 is 10.6 Å². The Hall–Kier alpha value is -2.62. The molecule has 1 aliphatic carbocycles. The number of carbonyl (C=O) groups is 3. The molecule has 38 heavy (non-hydrogen) atoms. The van der Waals surface area contributed by atoms with Crippen molar-refractivity contribution < 1.29 is 14.4 Å². The average molecular weight is 538 g/mol. The summed E-state index contributed by atoms with van der Waals surface area (Å²) >= 11 is 1.45. The van der Waals surface area contributed by atoms with Crippen molar-refractivity contribution >= 4 is 28.9 Å². The average Bonchev–Trinajstić information content (AvgIpc) is 3.64. The number of fused-ring (bicyclic) bond motifs is 1. The highest BCUT2D eigenvalue weighted by Crippen LogP contribution is 2.36. The first-order valence-corrected chi connectivity index (χ1v) is 14.9. The molecule has 4 atom stereocenters. The van der Waals surface area contributed by atoms with Crippen molar-refractivity contribution in [3.63, 3.8) is 0 Å². The Bertz CT molecular complexity index is 1130. The summed E-state index contributed by atoms with van der Waals surface area (Å²) in [6, 6.07) is 8.38. The summed E-state index contributed by atoms with van der Waals surface area (Å²) in [6.45, 7) is 4.18. The third-order valence-corrected chi connectivity index (χ3v) is 9.51. The Morgan fingerprint density at radius 3 is 2.53 bits per heavy atom. The van der Waals surface area contributed by atoms with E-state index in [1.165, 1.54) is 17.8 Å². The number of rotatable bonds is 8. The van der Waals surface area contributed by atoms with Crippen LogP contribution in [-0.2, 0) is 9.59 Å². The van der Waals surface area contributed by atoms with Crippen LogP contribution in [0.1, 0.15) is 79.0 Å². The number of ketones is 1. The molecule has 0 bridgehead atoms. The first kappa shape index (κ1) is 27.0. The number of carbonyl (C=O) groups excluding carboxylic acids is 3. The molecule has 2 amide bonds. The van der Waals surface area contributed by atoms with Crippen molar-refractivity contribution in [1.29, 1.82) is 0 Å². The minimum atomic E-state index is -0.542. The molecule has 3 fully saturated rings. The number of thiazole rings is 1. The number of hydrogen-bond acceptors (Lipinski definition) is 7. The fraction of sp³-hybridized carbons (Fsp3) is 0.586. The molecule has 2 saturated heterocycles. The Morgan fingerprint density at radius 1 is 1.03 bits per heavy atom. The Labute approximate surface area is 229 Å². The maximum absolute atomic E-state index is 14.4. The minimum Gasteiger partial charge on any atom is -0.343 e. The topological polar surface area (TPSA) is 94.6 Å². The standard InChI is InChI=1S/C29H39N5O3S/c1-19(30-2)27(36)32-25(20-10-5-3-6-11-20)29(37)34-16-22-14-9-15-33(22)17-24(34)28-31-23(18-38-28)26(35)21-12-7-4-8-13-21/h4,7-8,12-13,18-20,22,24-25,30H,3,5-6,9-11,14-17H2,1-2H3,(H,32,36)/t19-,22+,24-,25-/m0/s1. The summed E-state index contributed by atoms with van der Waals surface area (Å²) < 4.78 is 0. The zero-order valence-electron chi connectivity index (χ0n) is 22.4. The molecule has 9 heteroatoms. The molecule has 2 N–H and O–H groups in total. The quantitative estimate of drug-likeness (QED) is 0.502. The van der Waals surface area contributed by atoms with Gasteiger partial charge in [-0.15, -0.1) is 11.3 Å². The second-order valence-electron chi connectivity index (χ2n) is 11.0. The van der Waals surface area contributed by atoms with Crippen molar-refractivity contribution in [3.05, 3.63) is 52.0 Å². The molecule has 0 radical (unpaired) electrons. The highest BCUT2D eigenvalue weighted by Gasteiger charge is 2.44. The lowest BCUT2D eigenvalue weighted by Crippen LogP contribution is -2.60. The maximum Gasteiger partial charge on any atom is 0.246 e. The van der Waals surface area contributed by atoms with Gasteiger partial charge in [-0.1, -0.05) is 49.6 Å². The van der Waals surface area contributed by atoms with Gasteiger partial charge in [0.1, 0.15) is 16.7 Å². The van der Waals surface area contributed by atoms with Crippen LogP contribution in [0.25, 0.3) is 0 Å². The molecule has 2 aliphatic heterocycles. The van der Waals surface area contributed by atoms with Crippen LogP contribution in [0.2, 0.25) is 0 Å². The normalized spacial score (nSPS) is 24.0. The van der Waals surface area contributed by atoms with E-state index in [-0.39, 0.29) is 35.6 Å². The van der Waals surface area contributed by atoms with E-state index in [1.807, 2.05) is 35.4 Å². The Kier molecular flexibility index (Phi) is 8.55. The van der Waals surface area contributed by atoms with E-state index in [4.69, 9.17) is 4.98 Å². The van der Waals surface area contributed by atoms with Gasteiger partial charge in [-0.05, 0) is 52.1 Å². The minimum absolute atomic E-state index is 0.00348. The summed E-state index contributed by atoms with van der Waals surface area (Å²) in [6.07, 6.45) is 7.45. The Morgan fingerprint density at radius 2 is 1.79 bits per heavy atom. The smallest absolute Gasteiger partial charge is 0.246 e. The summed E-state index contributed by atoms with van der Waals surface area (Å²) in [5.41, 5.74) is 1.03. The molecule has 8 nitrogen and oxygen atoms in total. The molecule has 1 aromatic carbocycles. The van der Waals surface area contributed by atoms with Gasteiger partial charge in [0.15, 0.2) is 0 Å². The van der Waals surface area contributed by atoms with Crippen LogP contribution >= 0.6 is 11.3 Å². The van der Waals surface area contributed by atoms with Crippen LogP contribution in [0.3, 0.4) is 0 Å². The predicted octanol–water partition coefficient (Wildman–Crippen LogP) is 3.39. The van der Waals surface area contributed by atoms with Crippen LogP contribution in [0, 0.1) is 5.92 Å². The summed E-state index contributed by atoms with van der Waals surface area (Å²) in [5.74, 6) is -0.110. The number of benzene rings is 1. The largest absolute Gasteiger partial charge is 0.343 e. The molecule has 1 saturated carbocycles. The van der Waals surface area contributed by atoms with E-state index in [2.05, 4.69) is 15.5 Å². The second-order valence-corrected chi connectivity index (χ2v) is 11.8. The second kappa shape index (κ2) is 12.1. The van der Waals surface area contributed by atoms with Gasteiger partial charge in [0.25, 0.3) is 0 Å². The molecule has 2 aromatic rings. The lowest BCUT2D eigenvalue weighted by molar-refractivity contribution is -0.144.